The van der Waals surface area contributed by atoms with Gasteiger partial charge in [-0.3, -0.25) is 0 Å². The minimum Gasteiger partial charge on any atom is -0.466 e. The van der Waals surface area contributed by atoms with Gasteiger partial charge in [-0.05, 0) is 17.7 Å². The van der Waals surface area contributed by atoms with Gasteiger partial charge in [0.1, 0.15) is 0 Å². The molecule has 0 amide bonds. The van der Waals surface area contributed by atoms with Crippen LogP contribution in [0.3, 0.4) is 0 Å². The molecule has 1 fully saturated rings. The van der Waals surface area contributed by atoms with E-state index in [1.54, 1.807) is 6.08 Å². The topological polar surface area (TPSA) is 38.8 Å². The maximum absolute atomic E-state index is 11.1. The Morgan fingerprint density at radius 2 is 2.06 bits per heavy atom. The number of esters is 1. The second kappa shape index (κ2) is 6.21. The normalized spacial score (nSPS) is 15.9. The van der Waals surface area contributed by atoms with Gasteiger partial charge in [0.15, 0.2) is 0 Å². The third-order valence-electron chi connectivity index (χ3n) is 2.89. The van der Waals surface area contributed by atoms with Crippen molar-refractivity contribution in [3.8, 4) is 0 Å². The van der Waals surface area contributed by atoms with Crippen molar-refractivity contribution in [1.29, 1.82) is 0 Å². The Bertz CT molecular complexity index is 436. The molecular formula is C14H17NO3. The molecule has 0 atom stereocenters. The lowest BCUT2D eigenvalue weighted by molar-refractivity contribution is -0.134. The van der Waals surface area contributed by atoms with Gasteiger partial charge in [-0.2, -0.15) is 0 Å². The van der Waals surface area contributed by atoms with Crippen LogP contribution in [0.25, 0.3) is 6.08 Å². The van der Waals surface area contributed by atoms with E-state index in [1.165, 1.54) is 13.2 Å². The standard InChI is InChI=1S/C14H17NO3/c1-17-14(16)7-6-12-4-2-3-5-13(12)15-8-10-18-11-9-15/h2-7H,8-11H2,1H3. The molecule has 0 aliphatic carbocycles. The summed E-state index contributed by atoms with van der Waals surface area (Å²) in [5, 5.41) is 0. The Morgan fingerprint density at radius 1 is 1.33 bits per heavy atom. The average molecular weight is 247 g/mol. The number of hydrogen-bond donors (Lipinski definition) is 0. The van der Waals surface area contributed by atoms with Crippen molar-refractivity contribution in [3.63, 3.8) is 0 Å². The third-order valence-corrected chi connectivity index (χ3v) is 2.89. The summed E-state index contributed by atoms with van der Waals surface area (Å²) in [7, 11) is 1.38. The van der Waals surface area contributed by atoms with Crippen molar-refractivity contribution in [2.45, 2.75) is 0 Å². The molecule has 96 valence electrons. The SMILES string of the molecule is COC(=O)C=Cc1ccccc1N1CCOCC1. The Labute approximate surface area is 107 Å². The summed E-state index contributed by atoms with van der Waals surface area (Å²) < 4.78 is 9.94. The van der Waals surface area contributed by atoms with Crippen molar-refractivity contribution in [1.82, 2.24) is 0 Å². The van der Waals surface area contributed by atoms with Crippen LogP contribution in [-0.4, -0.2) is 39.4 Å². The molecular weight excluding hydrogens is 230 g/mol. The van der Waals surface area contributed by atoms with Crippen LogP contribution < -0.4 is 4.90 Å². The highest BCUT2D eigenvalue weighted by Gasteiger charge is 2.13. The quantitative estimate of drug-likeness (QED) is 0.602. The van der Waals surface area contributed by atoms with Gasteiger partial charge >= 0.3 is 5.97 Å². The maximum atomic E-state index is 11.1. The predicted octanol–water partition coefficient (Wildman–Crippen LogP) is 1.71. The van der Waals surface area contributed by atoms with Crippen LogP contribution in [-0.2, 0) is 14.3 Å². The number of ether oxygens (including phenoxy) is 2. The fourth-order valence-electron chi connectivity index (χ4n) is 1.95. The largest absolute Gasteiger partial charge is 0.466 e. The van der Waals surface area contributed by atoms with E-state index in [-0.39, 0.29) is 5.97 Å². The number of para-hydroxylation sites is 1. The van der Waals surface area contributed by atoms with Crippen molar-refractivity contribution >= 4 is 17.7 Å². The van der Waals surface area contributed by atoms with E-state index in [0.29, 0.717) is 0 Å². The first-order valence-electron chi connectivity index (χ1n) is 5.99. The number of anilines is 1. The van der Waals surface area contributed by atoms with E-state index in [4.69, 9.17) is 4.74 Å². The number of hydrogen-bond acceptors (Lipinski definition) is 4. The molecule has 1 saturated heterocycles. The molecule has 0 radical (unpaired) electrons. The molecule has 1 aromatic rings. The van der Waals surface area contributed by atoms with Gasteiger partial charge in [-0.15, -0.1) is 0 Å². The molecule has 1 aliphatic rings. The van der Waals surface area contributed by atoms with Crippen molar-refractivity contribution in [2.24, 2.45) is 0 Å². The molecule has 4 heteroatoms. The molecule has 0 saturated carbocycles. The van der Waals surface area contributed by atoms with Gasteiger partial charge in [-0.1, -0.05) is 18.2 Å². The number of nitrogens with zero attached hydrogens (tertiary/aromatic N) is 1. The van der Waals surface area contributed by atoms with E-state index < -0.39 is 0 Å². The summed E-state index contributed by atoms with van der Waals surface area (Å²) >= 11 is 0. The number of methoxy groups -OCH3 is 1. The van der Waals surface area contributed by atoms with Crippen LogP contribution >= 0.6 is 0 Å². The van der Waals surface area contributed by atoms with Crippen LogP contribution in [0, 0.1) is 0 Å². The Balaban J connectivity index is 2.19. The van der Waals surface area contributed by atoms with Crippen LogP contribution in [0.5, 0.6) is 0 Å². The van der Waals surface area contributed by atoms with E-state index in [2.05, 4.69) is 15.7 Å². The van der Waals surface area contributed by atoms with E-state index in [9.17, 15) is 4.79 Å². The van der Waals surface area contributed by atoms with Gasteiger partial charge in [0.25, 0.3) is 0 Å². The van der Waals surface area contributed by atoms with E-state index in [1.807, 2.05) is 18.2 Å². The zero-order chi connectivity index (χ0) is 12.8. The summed E-state index contributed by atoms with van der Waals surface area (Å²) in [5.74, 6) is -0.341. The number of benzene rings is 1. The molecule has 18 heavy (non-hydrogen) atoms. The highest BCUT2D eigenvalue weighted by atomic mass is 16.5. The highest BCUT2D eigenvalue weighted by molar-refractivity contribution is 5.88. The van der Waals surface area contributed by atoms with E-state index >= 15 is 0 Å². The maximum Gasteiger partial charge on any atom is 0.330 e. The van der Waals surface area contributed by atoms with Crippen LogP contribution in [0.1, 0.15) is 5.56 Å². The Morgan fingerprint density at radius 3 is 2.78 bits per heavy atom. The van der Waals surface area contributed by atoms with Crippen molar-refractivity contribution < 1.29 is 14.3 Å². The summed E-state index contributed by atoms with van der Waals surface area (Å²) in [6.45, 7) is 3.25. The second-order valence-electron chi connectivity index (χ2n) is 4.01. The number of carbonyl (C=O) groups is 1. The monoisotopic (exact) mass is 247 g/mol. The van der Waals surface area contributed by atoms with Crippen LogP contribution in [0.15, 0.2) is 30.3 Å². The predicted molar refractivity (Wildman–Crippen MR) is 70.5 cm³/mol. The van der Waals surface area contributed by atoms with Gasteiger partial charge in [-0.25, -0.2) is 4.79 Å². The molecule has 1 aromatic carbocycles. The fourth-order valence-corrected chi connectivity index (χ4v) is 1.95. The first-order valence-corrected chi connectivity index (χ1v) is 5.99. The fraction of sp³-hybridized carbons (Fsp3) is 0.357. The van der Waals surface area contributed by atoms with Crippen molar-refractivity contribution in [2.75, 3.05) is 38.3 Å². The third kappa shape index (κ3) is 3.11. The summed E-state index contributed by atoms with van der Waals surface area (Å²) in [6.07, 6.45) is 3.23. The molecule has 0 spiro atoms. The van der Waals surface area contributed by atoms with Gasteiger partial charge in [0, 0.05) is 24.9 Å². The molecule has 1 heterocycles. The molecule has 2 rings (SSSR count). The number of carbonyl (C=O) groups excluding carboxylic acids is 1. The summed E-state index contributed by atoms with van der Waals surface area (Å²) in [4.78, 5) is 13.4. The van der Waals surface area contributed by atoms with Gasteiger partial charge in [0.2, 0.25) is 0 Å². The first kappa shape index (κ1) is 12.6. The number of rotatable bonds is 3. The van der Waals surface area contributed by atoms with E-state index in [0.717, 1.165) is 37.6 Å². The molecule has 0 unspecified atom stereocenters. The van der Waals surface area contributed by atoms with Crippen molar-refractivity contribution in [3.05, 3.63) is 35.9 Å². The lowest BCUT2D eigenvalue weighted by Gasteiger charge is -2.30. The summed E-state index contributed by atoms with van der Waals surface area (Å²) in [6, 6.07) is 8.01. The minimum atomic E-state index is -0.341. The smallest absolute Gasteiger partial charge is 0.330 e. The van der Waals surface area contributed by atoms with Gasteiger partial charge < -0.3 is 14.4 Å². The molecule has 1 aliphatic heterocycles. The number of morpholine rings is 1. The lowest BCUT2D eigenvalue weighted by atomic mass is 10.1. The van der Waals surface area contributed by atoms with Crippen LogP contribution in [0.2, 0.25) is 0 Å². The van der Waals surface area contributed by atoms with Gasteiger partial charge in [0.05, 0.1) is 20.3 Å². The Hall–Kier alpha value is -1.81. The molecule has 4 nitrogen and oxygen atoms in total. The first-order chi connectivity index (χ1) is 8.81. The molecule has 0 N–H and O–H groups in total. The minimum absolute atomic E-state index is 0.341. The van der Waals surface area contributed by atoms with Crippen LogP contribution in [0.4, 0.5) is 5.69 Å². The lowest BCUT2D eigenvalue weighted by Crippen LogP contribution is -2.36. The zero-order valence-corrected chi connectivity index (χ0v) is 10.5. The highest BCUT2D eigenvalue weighted by Crippen LogP contribution is 2.22. The second-order valence-corrected chi connectivity index (χ2v) is 4.01. The molecule has 0 aromatic heterocycles. The zero-order valence-electron chi connectivity index (χ0n) is 10.5. The Kier molecular flexibility index (Phi) is 4.36. The molecule has 0 bridgehead atoms. The summed E-state index contributed by atoms with van der Waals surface area (Å²) in [5.41, 5.74) is 2.14. The average Bonchev–Trinajstić information content (AvgIpc) is 2.46.